The second-order valence-electron chi connectivity index (χ2n) is 9.78. The predicted molar refractivity (Wildman–Crippen MR) is 152 cm³/mol. The first-order valence-corrected chi connectivity index (χ1v) is 13.6. The third-order valence-corrected chi connectivity index (χ3v) is 7.09. The minimum Gasteiger partial charge on any atom is -0.507 e. The molecule has 0 aliphatic carbocycles. The van der Waals surface area contributed by atoms with Gasteiger partial charge in [-0.1, -0.05) is 25.6 Å². The molecule has 1 N–H and O–H groups in total. The SMILES string of the molecule is C=CCOc1ccc(C2C(=C(O)c3ccc(OCCC)cc3C)C(=O)C(=O)N2CCN2CCOCC2)cc1OC. The average molecular weight is 551 g/mol. The van der Waals surface area contributed by atoms with Crippen molar-refractivity contribution in [1.29, 1.82) is 0 Å². The lowest BCUT2D eigenvalue weighted by Crippen LogP contribution is -2.42. The Bertz CT molecular complexity index is 1270. The molecule has 1 atom stereocenters. The molecule has 0 bridgehead atoms. The van der Waals surface area contributed by atoms with Crippen LogP contribution in [-0.2, 0) is 14.3 Å². The molecule has 0 radical (unpaired) electrons. The summed E-state index contributed by atoms with van der Waals surface area (Å²) in [5.41, 5.74) is 1.87. The number of likely N-dealkylation sites (tertiary alicyclic amines) is 1. The number of aryl methyl sites for hydroxylation is 1. The minimum atomic E-state index is -0.807. The highest BCUT2D eigenvalue weighted by Gasteiger charge is 2.46. The van der Waals surface area contributed by atoms with Gasteiger partial charge in [-0.2, -0.15) is 0 Å². The van der Waals surface area contributed by atoms with E-state index in [0.29, 0.717) is 67.9 Å². The summed E-state index contributed by atoms with van der Waals surface area (Å²) in [4.78, 5) is 30.7. The molecule has 2 aromatic carbocycles. The van der Waals surface area contributed by atoms with Crippen LogP contribution in [0.15, 0.2) is 54.6 Å². The van der Waals surface area contributed by atoms with Crippen LogP contribution in [0.5, 0.6) is 17.2 Å². The molecule has 1 amide bonds. The Morgan fingerprint density at radius 1 is 1.10 bits per heavy atom. The normalized spacial score (nSPS) is 19.1. The second-order valence-corrected chi connectivity index (χ2v) is 9.78. The first kappa shape index (κ1) is 29.2. The zero-order chi connectivity index (χ0) is 28.6. The van der Waals surface area contributed by atoms with E-state index in [-0.39, 0.29) is 11.3 Å². The Morgan fingerprint density at radius 3 is 2.55 bits per heavy atom. The summed E-state index contributed by atoms with van der Waals surface area (Å²) < 4.78 is 22.4. The van der Waals surface area contributed by atoms with Crippen molar-refractivity contribution >= 4 is 17.4 Å². The fraction of sp³-hybridized carbons (Fsp3) is 0.419. The molecule has 2 saturated heterocycles. The number of aliphatic hydroxyl groups excluding tert-OH is 1. The fourth-order valence-electron chi connectivity index (χ4n) is 5.01. The molecule has 214 valence electrons. The topological polar surface area (TPSA) is 97.8 Å². The Kier molecular flexibility index (Phi) is 9.84. The standard InChI is InChI=1S/C31H38N2O7/c1-5-15-39-23-8-9-24(21(3)19-23)29(34)27-28(22-7-10-25(40-16-6-2)26(20-22)37-4)33(31(36)30(27)35)12-11-32-13-17-38-18-14-32/h6-10,19-20,28,34H,2,5,11-18H2,1,3-4H3. The smallest absolute Gasteiger partial charge is 0.295 e. The highest BCUT2D eigenvalue weighted by atomic mass is 16.5. The molecule has 40 heavy (non-hydrogen) atoms. The number of ketones is 1. The lowest BCUT2D eigenvalue weighted by Gasteiger charge is -2.31. The maximum Gasteiger partial charge on any atom is 0.295 e. The molecule has 0 aromatic heterocycles. The number of aliphatic hydroxyl groups is 1. The number of ether oxygens (including phenoxy) is 4. The summed E-state index contributed by atoms with van der Waals surface area (Å²) in [7, 11) is 1.53. The van der Waals surface area contributed by atoms with Gasteiger partial charge in [-0.15, -0.1) is 0 Å². The number of morpholine rings is 1. The van der Waals surface area contributed by atoms with Crippen LogP contribution in [0.1, 0.15) is 36.1 Å². The van der Waals surface area contributed by atoms with Crippen LogP contribution in [-0.4, -0.2) is 86.3 Å². The number of rotatable bonds is 12. The first-order valence-electron chi connectivity index (χ1n) is 13.6. The summed E-state index contributed by atoms with van der Waals surface area (Å²) in [5, 5.41) is 11.6. The Labute approximate surface area is 235 Å². The van der Waals surface area contributed by atoms with Gasteiger partial charge < -0.3 is 29.0 Å². The number of nitrogens with zero attached hydrogens (tertiary/aromatic N) is 2. The van der Waals surface area contributed by atoms with Crippen LogP contribution in [0.25, 0.3) is 5.76 Å². The molecule has 2 aliphatic heterocycles. The quantitative estimate of drug-likeness (QED) is 0.183. The fourth-order valence-corrected chi connectivity index (χ4v) is 5.01. The van der Waals surface area contributed by atoms with Crippen LogP contribution >= 0.6 is 0 Å². The zero-order valence-electron chi connectivity index (χ0n) is 23.5. The molecule has 0 spiro atoms. The van der Waals surface area contributed by atoms with Crippen LogP contribution in [0.2, 0.25) is 0 Å². The summed E-state index contributed by atoms with van der Waals surface area (Å²) in [6.45, 7) is 12.1. The van der Waals surface area contributed by atoms with Crippen molar-refractivity contribution in [3.05, 3.63) is 71.3 Å². The van der Waals surface area contributed by atoms with E-state index in [2.05, 4.69) is 11.5 Å². The Balaban J connectivity index is 1.77. The van der Waals surface area contributed by atoms with Crippen LogP contribution in [0.4, 0.5) is 0 Å². The van der Waals surface area contributed by atoms with Crippen molar-refractivity contribution in [2.75, 3.05) is 59.7 Å². The number of carbonyl (C=O) groups is 2. The van der Waals surface area contributed by atoms with Crippen LogP contribution in [0.3, 0.4) is 0 Å². The number of amides is 1. The number of hydrogen-bond acceptors (Lipinski definition) is 8. The van der Waals surface area contributed by atoms with Gasteiger partial charge in [0.25, 0.3) is 11.7 Å². The third kappa shape index (κ3) is 6.32. The van der Waals surface area contributed by atoms with Gasteiger partial charge >= 0.3 is 0 Å². The number of Topliss-reactive ketones (excluding diaryl/α,β-unsaturated/α-hetero) is 1. The van der Waals surface area contributed by atoms with Crippen LogP contribution in [0, 0.1) is 6.92 Å². The van der Waals surface area contributed by atoms with E-state index < -0.39 is 17.7 Å². The molecule has 2 heterocycles. The molecule has 2 fully saturated rings. The predicted octanol–water partition coefficient (Wildman–Crippen LogP) is 4.11. The van der Waals surface area contributed by atoms with Gasteiger partial charge in [0.15, 0.2) is 11.5 Å². The highest BCUT2D eigenvalue weighted by molar-refractivity contribution is 6.46. The third-order valence-electron chi connectivity index (χ3n) is 7.09. The molecule has 9 nitrogen and oxygen atoms in total. The highest BCUT2D eigenvalue weighted by Crippen LogP contribution is 2.42. The summed E-state index contributed by atoms with van der Waals surface area (Å²) in [6, 6.07) is 9.78. The van der Waals surface area contributed by atoms with Crippen molar-refractivity contribution in [2.45, 2.75) is 26.3 Å². The van der Waals surface area contributed by atoms with Crippen molar-refractivity contribution in [2.24, 2.45) is 0 Å². The number of methoxy groups -OCH3 is 1. The van der Waals surface area contributed by atoms with E-state index in [0.717, 1.165) is 25.1 Å². The maximum atomic E-state index is 13.5. The molecule has 2 aliphatic rings. The largest absolute Gasteiger partial charge is 0.507 e. The zero-order valence-corrected chi connectivity index (χ0v) is 23.5. The van der Waals surface area contributed by atoms with Gasteiger partial charge in [0.1, 0.15) is 18.1 Å². The molecule has 9 heteroatoms. The molecule has 2 aromatic rings. The van der Waals surface area contributed by atoms with E-state index in [9.17, 15) is 14.7 Å². The van der Waals surface area contributed by atoms with Crippen LogP contribution < -0.4 is 14.2 Å². The summed E-state index contributed by atoms with van der Waals surface area (Å²) in [5.74, 6) is 0.0510. The molecule has 0 saturated carbocycles. The second kappa shape index (κ2) is 13.5. The van der Waals surface area contributed by atoms with E-state index in [1.54, 1.807) is 36.4 Å². The van der Waals surface area contributed by atoms with Gasteiger partial charge in [0.05, 0.1) is 38.5 Å². The monoisotopic (exact) mass is 550 g/mol. The van der Waals surface area contributed by atoms with Crippen molar-refractivity contribution < 1.29 is 33.6 Å². The Hall–Kier alpha value is -3.82. The van der Waals surface area contributed by atoms with E-state index >= 15 is 0 Å². The summed E-state index contributed by atoms with van der Waals surface area (Å²) in [6.07, 6.45) is 2.50. The summed E-state index contributed by atoms with van der Waals surface area (Å²) >= 11 is 0. The lowest BCUT2D eigenvalue weighted by atomic mass is 9.93. The van der Waals surface area contributed by atoms with E-state index in [1.807, 2.05) is 19.9 Å². The van der Waals surface area contributed by atoms with Gasteiger partial charge in [0.2, 0.25) is 0 Å². The van der Waals surface area contributed by atoms with Gasteiger partial charge in [-0.3, -0.25) is 14.5 Å². The molecule has 4 rings (SSSR count). The maximum absolute atomic E-state index is 13.5. The number of carbonyl (C=O) groups excluding carboxylic acids is 2. The minimum absolute atomic E-state index is 0.0408. The van der Waals surface area contributed by atoms with E-state index in [1.165, 1.54) is 12.0 Å². The van der Waals surface area contributed by atoms with Crippen molar-refractivity contribution in [3.63, 3.8) is 0 Å². The number of benzene rings is 2. The van der Waals surface area contributed by atoms with Crippen molar-refractivity contribution in [3.8, 4) is 17.2 Å². The Morgan fingerprint density at radius 2 is 1.88 bits per heavy atom. The first-order chi connectivity index (χ1) is 19.4. The molecular formula is C31H38N2O7. The lowest BCUT2D eigenvalue weighted by molar-refractivity contribution is -0.140. The molecule has 1 unspecified atom stereocenters. The molecular weight excluding hydrogens is 512 g/mol. The number of hydrogen-bond donors (Lipinski definition) is 1. The van der Waals surface area contributed by atoms with Crippen molar-refractivity contribution in [1.82, 2.24) is 9.80 Å². The van der Waals surface area contributed by atoms with E-state index in [4.69, 9.17) is 18.9 Å². The van der Waals surface area contributed by atoms with Gasteiger partial charge in [0, 0.05) is 31.7 Å². The average Bonchev–Trinajstić information content (AvgIpc) is 3.23. The van der Waals surface area contributed by atoms with Gasteiger partial charge in [-0.05, 0) is 54.8 Å². The van der Waals surface area contributed by atoms with Gasteiger partial charge in [-0.25, -0.2) is 0 Å².